The predicted octanol–water partition coefficient (Wildman–Crippen LogP) is 2.95. The highest BCUT2D eigenvalue weighted by atomic mass is 19.2. The molecule has 0 radical (unpaired) electrons. The number of hydrogen-bond donors (Lipinski definition) is 0. The second kappa shape index (κ2) is 6.80. The number of rotatable bonds is 6. The van der Waals surface area contributed by atoms with E-state index in [2.05, 4.69) is 0 Å². The van der Waals surface area contributed by atoms with Gasteiger partial charge in [0.25, 0.3) is 6.47 Å². The van der Waals surface area contributed by atoms with Gasteiger partial charge in [0.1, 0.15) is 6.29 Å². The molecule has 0 saturated carbocycles. The summed E-state index contributed by atoms with van der Waals surface area (Å²) in [5.41, 5.74) is 1.46. The highest BCUT2D eigenvalue weighted by molar-refractivity contribution is 5.78. The summed E-state index contributed by atoms with van der Waals surface area (Å²) in [6, 6.07) is 8.24. The van der Waals surface area contributed by atoms with Crippen LogP contribution in [0.3, 0.4) is 0 Å². The molecule has 0 aliphatic rings. The number of nitrogens with zero attached hydrogens (tertiary/aromatic N) is 1. The van der Waals surface area contributed by atoms with E-state index in [-0.39, 0.29) is 18.8 Å². The Labute approximate surface area is 125 Å². The zero-order valence-electron chi connectivity index (χ0n) is 11.8. The van der Waals surface area contributed by atoms with Gasteiger partial charge in [-0.15, -0.1) is 0 Å². The summed E-state index contributed by atoms with van der Waals surface area (Å²) in [5.74, 6) is -1.62. The molecule has 0 heterocycles. The minimum Gasteiger partial charge on any atom is -0.427 e. The van der Waals surface area contributed by atoms with Crippen molar-refractivity contribution in [1.29, 1.82) is 0 Å². The molecule has 0 fully saturated rings. The van der Waals surface area contributed by atoms with Gasteiger partial charge in [-0.1, -0.05) is 6.07 Å². The molecule has 6 heteroatoms. The maximum Gasteiger partial charge on any atom is 0.298 e. The summed E-state index contributed by atoms with van der Waals surface area (Å²) in [7, 11) is 1.70. The molecule has 0 aliphatic carbocycles. The molecule has 2 rings (SSSR count). The molecule has 0 spiro atoms. The van der Waals surface area contributed by atoms with Crippen molar-refractivity contribution in [2.24, 2.45) is 0 Å². The van der Waals surface area contributed by atoms with Gasteiger partial charge in [-0.3, -0.25) is 9.59 Å². The monoisotopic (exact) mass is 305 g/mol. The molecule has 0 aromatic heterocycles. The smallest absolute Gasteiger partial charge is 0.298 e. The van der Waals surface area contributed by atoms with E-state index in [1.54, 1.807) is 24.1 Å². The van der Waals surface area contributed by atoms with Crippen molar-refractivity contribution in [3.05, 3.63) is 59.2 Å². The van der Waals surface area contributed by atoms with Crippen molar-refractivity contribution in [3.8, 4) is 5.75 Å². The summed E-state index contributed by atoms with van der Waals surface area (Å²) >= 11 is 0. The van der Waals surface area contributed by atoms with Gasteiger partial charge in [0.15, 0.2) is 17.4 Å². The van der Waals surface area contributed by atoms with Crippen LogP contribution in [0, 0.1) is 11.6 Å². The van der Waals surface area contributed by atoms with E-state index in [9.17, 15) is 18.4 Å². The third-order valence-corrected chi connectivity index (χ3v) is 3.11. The largest absolute Gasteiger partial charge is 0.427 e. The molecule has 0 aliphatic heterocycles. The van der Waals surface area contributed by atoms with E-state index < -0.39 is 11.6 Å². The van der Waals surface area contributed by atoms with Crippen LogP contribution >= 0.6 is 0 Å². The molecule has 0 unspecified atom stereocenters. The highest BCUT2D eigenvalue weighted by Gasteiger charge is 2.12. The summed E-state index contributed by atoms with van der Waals surface area (Å²) in [5, 5.41) is 0. The first-order valence-electron chi connectivity index (χ1n) is 6.39. The number of hydrogen-bond acceptors (Lipinski definition) is 4. The highest BCUT2D eigenvalue weighted by Crippen LogP contribution is 2.29. The van der Waals surface area contributed by atoms with Crippen LogP contribution in [-0.4, -0.2) is 19.8 Å². The second-order valence-corrected chi connectivity index (χ2v) is 4.66. The van der Waals surface area contributed by atoms with Crippen molar-refractivity contribution < 1.29 is 23.1 Å². The quantitative estimate of drug-likeness (QED) is 0.770. The number of carbonyl (C=O) groups is 2. The van der Waals surface area contributed by atoms with Crippen molar-refractivity contribution >= 4 is 18.4 Å². The van der Waals surface area contributed by atoms with Crippen molar-refractivity contribution in [2.45, 2.75) is 6.54 Å². The Morgan fingerprint density at radius 2 is 1.86 bits per heavy atom. The Hall–Kier alpha value is -2.76. The Bertz CT molecular complexity index is 704. The lowest BCUT2D eigenvalue weighted by Crippen LogP contribution is -2.17. The average molecular weight is 305 g/mol. The molecular formula is C16H13F2NO3. The van der Waals surface area contributed by atoms with Crippen molar-refractivity contribution in [2.75, 3.05) is 11.9 Å². The summed E-state index contributed by atoms with van der Waals surface area (Å²) in [6.07, 6.45) is 0.636. The number of halogens is 2. The molecule has 22 heavy (non-hydrogen) atoms. The molecule has 4 nitrogen and oxygen atoms in total. The number of benzene rings is 2. The lowest BCUT2D eigenvalue weighted by atomic mass is 10.1. The Morgan fingerprint density at radius 1 is 1.09 bits per heavy atom. The van der Waals surface area contributed by atoms with Crippen LogP contribution in [0.15, 0.2) is 36.4 Å². The van der Waals surface area contributed by atoms with E-state index >= 15 is 0 Å². The van der Waals surface area contributed by atoms with Crippen LogP contribution in [0.25, 0.3) is 0 Å². The van der Waals surface area contributed by atoms with Gasteiger partial charge in [-0.05, 0) is 35.9 Å². The van der Waals surface area contributed by atoms with Gasteiger partial charge in [-0.25, -0.2) is 8.78 Å². The van der Waals surface area contributed by atoms with E-state index in [0.717, 1.165) is 12.1 Å². The summed E-state index contributed by atoms with van der Waals surface area (Å²) < 4.78 is 31.0. The number of ether oxygens (including phenoxy) is 1. The standard InChI is InChI=1S/C16H13F2NO3/c1-19(8-11-2-4-13(17)14(18)6-11)15-5-3-12(9-20)7-16(15)22-10-21/h2-7,9-10H,8H2,1H3. The maximum atomic E-state index is 13.2. The van der Waals surface area contributed by atoms with Crippen LogP contribution in [0.4, 0.5) is 14.5 Å². The zero-order chi connectivity index (χ0) is 16.1. The molecule has 0 saturated heterocycles. The van der Waals surface area contributed by atoms with Crippen LogP contribution in [0.5, 0.6) is 5.75 Å². The number of carbonyl (C=O) groups excluding carboxylic acids is 2. The normalized spacial score (nSPS) is 10.1. The first-order valence-corrected chi connectivity index (χ1v) is 6.39. The molecule has 2 aromatic rings. The number of aldehydes is 1. The van der Waals surface area contributed by atoms with Gasteiger partial charge in [0.05, 0.1) is 5.69 Å². The van der Waals surface area contributed by atoms with Crippen LogP contribution in [0.2, 0.25) is 0 Å². The molecule has 2 aromatic carbocycles. The topological polar surface area (TPSA) is 46.6 Å². The SMILES string of the molecule is CN(Cc1ccc(F)c(F)c1)c1ccc(C=O)cc1OC=O. The van der Waals surface area contributed by atoms with Crippen molar-refractivity contribution in [3.63, 3.8) is 0 Å². The summed E-state index contributed by atoms with van der Waals surface area (Å²) in [4.78, 5) is 23.0. The van der Waals surface area contributed by atoms with Crippen LogP contribution < -0.4 is 9.64 Å². The fourth-order valence-corrected chi connectivity index (χ4v) is 2.06. The second-order valence-electron chi connectivity index (χ2n) is 4.66. The van der Waals surface area contributed by atoms with E-state index in [4.69, 9.17) is 4.74 Å². The minimum absolute atomic E-state index is 0.213. The molecule has 0 bridgehead atoms. The third-order valence-electron chi connectivity index (χ3n) is 3.11. The van der Waals surface area contributed by atoms with E-state index in [1.807, 2.05) is 0 Å². The van der Waals surface area contributed by atoms with Crippen LogP contribution in [0.1, 0.15) is 15.9 Å². The lowest BCUT2D eigenvalue weighted by molar-refractivity contribution is -0.120. The van der Waals surface area contributed by atoms with Gasteiger partial charge >= 0.3 is 0 Å². The Balaban J connectivity index is 2.27. The third kappa shape index (κ3) is 3.46. The lowest BCUT2D eigenvalue weighted by Gasteiger charge is -2.21. The van der Waals surface area contributed by atoms with Crippen molar-refractivity contribution in [1.82, 2.24) is 0 Å². The predicted molar refractivity (Wildman–Crippen MR) is 77.0 cm³/mol. The Kier molecular flexibility index (Phi) is 4.83. The fraction of sp³-hybridized carbons (Fsp3) is 0.125. The van der Waals surface area contributed by atoms with Gasteiger partial charge < -0.3 is 9.64 Å². The van der Waals surface area contributed by atoms with Gasteiger partial charge in [0.2, 0.25) is 0 Å². The summed E-state index contributed by atoms with van der Waals surface area (Å²) in [6.45, 7) is 0.533. The van der Waals surface area contributed by atoms with E-state index in [1.165, 1.54) is 12.1 Å². The molecule has 0 N–H and O–H groups in total. The zero-order valence-corrected chi connectivity index (χ0v) is 11.8. The molecule has 0 atom stereocenters. The van der Waals surface area contributed by atoms with Crippen LogP contribution in [-0.2, 0) is 11.3 Å². The van der Waals surface area contributed by atoms with Gasteiger partial charge in [-0.2, -0.15) is 0 Å². The van der Waals surface area contributed by atoms with E-state index in [0.29, 0.717) is 23.1 Å². The molecular weight excluding hydrogens is 292 g/mol. The Morgan fingerprint density at radius 3 is 2.50 bits per heavy atom. The first-order chi connectivity index (χ1) is 10.5. The maximum absolute atomic E-state index is 13.2. The molecule has 0 amide bonds. The number of anilines is 1. The molecule has 114 valence electrons. The van der Waals surface area contributed by atoms with Gasteiger partial charge in [0, 0.05) is 19.2 Å². The average Bonchev–Trinajstić information content (AvgIpc) is 2.51. The fourth-order valence-electron chi connectivity index (χ4n) is 2.06. The minimum atomic E-state index is -0.924. The first kappa shape index (κ1) is 15.6.